The molecule has 0 fully saturated rings. The van der Waals surface area contributed by atoms with Gasteiger partial charge in [0.15, 0.2) is 0 Å². The average molecular weight is 372 g/mol. The normalized spacial score (nSPS) is 10.2. The summed E-state index contributed by atoms with van der Waals surface area (Å²) in [5.74, 6) is 0.796. The first-order chi connectivity index (χ1) is 13.6. The van der Waals surface area contributed by atoms with Crippen molar-refractivity contribution in [2.75, 3.05) is 23.8 Å². The minimum absolute atomic E-state index is 0.256. The van der Waals surface area contributed by atoms with Crippen molar-refractivity contribution in [3.05, 3.63) is 77.5 Å². The van der Waals surface area contributed by atoms with Crippen LogP contribution in [0, 0.1) is 18.3 Å². The number of nitrogens with zero attached hydrogens (tertiary/aromatic N) is 5. The highest BCUT2D eigenvalue weighted by Gasteiger charge is 2.14. The van der Waals surface area contributed by atoms with E-state index in [0.29, 0.717) is 22.9 Å². The molecular formula is C21H20N6O. The number of likely N-dealkylation sites (N-methyl/N-ethyl adjacent to an activating group) is 1. The Morgan fingerprint density at radius 3 is 2.68 bits per heavy atom. The summed E-state index contributed by atoms with van der Waals surface area (Å²) < 4.78 is 0. The Bertz CT molecular complexity index is 1010. The van der Waals surface area contributed by atoms with Gasteiger partial charge in [0.1, 0.15) is 23.4 Å². The number of hydrogen-bond donors (Lipinski definition) is 1. The molecule has 2 heterocycles. The summed E-state index contributed by atoms with van der Waals surface area (Å²) in [7, 11) is 1.93. The van der Waals surface area contributed by atoms with Gasteiger partial charge < -0.3 is 10.2 Å². The fourth-order valence-corrected chi connectivity index (χ4v) is 2.70. The number of carbonyl (C=O) groups is 1. The SMILES string of the molecule is Cc1nc(C(=O)Nc2ccccc2C#N)cc(N(C)CCc2ccncc2)n1. The summed E-state index contributed by atoms with van der Waals surface area (Å²) in [5, 5.41) is 11.9. The molecule has 0 saturated heterocycles. The number of pyridine rings is 1. The largest absolute Gasteiger partial charge is 0.359 e. The molecule has 1 amide bonds. The Kier molecular flexibility index (Phi) is 5.92. The van der Waals surface area contributed by atoms with Crippen molar-refractivity contribution in [1.29, 1.82) is 5.26 Å². The summed E-state index contributed by atoms with van der Waals surface area (Å²) in [6.07, 6.45) is 4.37. The number of amides is 1. The second-order valence-electron chi connectivity index (χ2n) is 6.30. The minimum atomic E-state index is -0.378. The Balaban J connectivity index is 1.75. The molecule has 0 aliphatic rings. The van der Waals surface area contributed by atoms with E-state index in [0.717, 1.165) is 13.0 Å². The number of aromatic nitrogens is 3. The third-order valence-electron chi connectivity index (χ3n) is 4.23. The first-order valence-electron chi connectivity index (χ1n) is 8.83. The van der Waals surface area contributed by atoms with Crippen molar-refractivity contribution in [1.82, 2.24) is 15.0 Å². The molecule has 1 N–H and O–H groups in total. The molecule has 1 aromatic carbocycles. The fraction of sp³-hybridized carbons (Fsp3) is 0.190. The van der Waals surface area contributed by atoms with Crippen LogP contribution in [0.15, 0.2) is 54.9 Å². The molecule has 0 atom stereocenters. The van der Waals surface area contributed by atoms with Crippen LogP contribution in [0.4, 0.5) is 11.5 Å². The van der Waals surface area contributed by atoms with Gasteiger partial charge in [-0.25, -0.2) is 9.97 Å². The van der Waals surface area contributed by atoms with Crippen molar-refractivity contribution in [3.63, 3.8) is 0 Å². The fourth-order valence-electron chi connectivity index (χ4n) is 2.70. The van der Waals surface area contributed by atoms with Gasteiger partial charge in [-0.3, -0.25) is 9.78 Å². The maximum atomic E-state index is 12.7. The molecule has 7 nitrogen and oxygen atoms in total. The molecule has 28 heavy (non-hydrogen) atoms. The topological polar surface area (TPSA) is 94.8 Å². The molecule has 7 heteroatoms. The molecule has 0 saturated carbocycles. The lowest BCUT2D eigenvalue weighted by Crippen LogP contribution is -2.23. The van der Waals surface area contributed by atoms with Crippen LogP contribution in [0.25, 0.3) is 0 Å². The highest BCUT2D eigenvalue weighted by atomic mass is 16.1. The van der Waals surface area contributed by atoms with Gasteiger partial charge in [-0.1, -0.05) is 12.1 Å². The van der Waals surface area contributed by atoms with Gasteiger partial charge in [-0.2, -0.15) is 5.26 Å². The number of nitriles is 1. The molecular weight excluding hydrogens is 352 g/mol. The molecule has 0 unspecified atom stereocenters. The second kappa shape index (κ2) is 8.73. The Labute approximate surface area is 163 Å². The maximum Gasteiger partial charge on any atom is 0.274 e. The molecule has 140 valence electrons. The van der Waals surface area contributed by atoms with Crippen LogP contribution in [-0.4, -0.2) is 34.5 Å². The number of hydrogen-bond acceptors (Lipinski definition) is 6. The zero-order chi connectivity index (χ0) is 19.9. The number of rotatable bonds is 6. The lowest BCUT2D eigenvalue weighted by Gasteiger charge is -2.19. The summed E-state index contributed by atoms with van der Waals surface area (Å²) in [4.78, 5) is 27.3. The monoisotopic (exact) mass is 372 g/mol. The van der Waals surface area contributed by atoms with Crippen LogP contribution >= 0.6 is 0 Å². The van der Waals surface area contributed by atoms with E-state index in [1.54, 1.807) is 49.6 Å². The minimum Gasteiger partial charge on any atom is -0.359 e. The van der Waals surface area contributed by atoms with E-state index in [1.807, 2.05) is 24.1 Å². The predicted octanol–water partition coefficient (Wildman–Crippen LogP) is 2.98. The molecule has 2 aromatic heterocycles. The van der Waals surface area contributed by atoms with Crippen LogP contribution in [0.2, 0.25) is 0 Å². The van der Waals surface area contributed by atoms with Crippen LogP contribution in [0.1, 0.15) is 27.4 Å². The van der Waals surface area contributed by atoms with E-state index in [4.69, 9.17) is 0 Å². The van der Waals surface area contributed by atoms with E-state index in [2.05, 4.69) is 26.3 Å². The smallest absolute Gasteiger partial charge is 0.274 e. The van der Waals surface area contributed by atoms with E-state index < -0.39 is 0 Å². The van der Waals surface area contributed by atoms with Crippen LogP contribution in [-0.2, 0) is 6.42 Å². The van der Waals surface area contributed by atoms with Crippen molar-refractivity contribution in [2.24, 2.45) is 0 Å². The van der Waals surface area contributed by atoms with Crippen molar-refractivity contribution in [3.8, 4) is 6.07 Å². The van der Waals surface area contributed by atoms with Crippen molar-refractivity contribution < 1.29 is 4.79 Å². The molecule has 0 aliphatic carbocycles. The summed E-state index contributed by atoms with van der Waals surface area (Å²) in [5.41, 5.74) is 2.29. The maximum absolute atomic E-state index is 12.7. The summed E-state index contributed by atoms with van der Waals surface area (Å²) in [6.45, 7) is 2.49. The quantitative estimate of drug-likeness (QED) is 0.715. The number of aryl methyl sites for hydroxylation is 1. The number of benzene rings is 1. The molecule has 0 radical (unpaired) electrons. The number of nitrogens with one attached hydrogen (secondary N) is 1. The molecule has 0 aliphatic heterocycles. The standard InChI is InChI=1S/C21H20N6O/c1-15-24-19(21(28)26-18-6-4-3-5-17(18)14-22)13-20(25-15)27(2)12-9-16-7-10-23-11-8-16/h3-8,10-11,13H,9,12H2,1-2H3,(H,26,28). The molecule has 0 bridgehead atoms. The van der Waals surface area contributed by atoms with E-state index in [-0.39, 0.29) is 11.6 Å². The van der Waals surface area contributed by atoms with Crippen molar-refractivity contribution in [2.45, 2.75) is 13.3 Å². The predicted molar refractivity (Wildman–Crippen MR) is 107 cm³/mol. The van der Waals surface area contributed by atoms with Gasteiger partial charge in [-0.05, 0) is 43.2 Å². The first kappa shape index (κ1) is 19.0. The van der Waals surface area contributed by atoms with Gasteiger partial charge >= 0.3 is 0 Å². The Hall–Kier alpha value is -3.79. The summed E-state index contributed by atoms with van der Waals surface area (Å²) in [6, 6.07) is 14.5. The Morgan fingerprint density at radius 2 is 1.93 bits per heavy atom. The average Bonchev–Trinajstić information content (AvgIpc) is 2.72. The van der Waals surface area contributed by atoms with Gasteiger partial charge in [0, 0.05) is 32.1 Å². The zero-order valence-electron chi connectivity index (χ0n) is 15.8. The lowest BCUT2D eigenvalue weighted by molar-refractivity contribution is 0.102. The van der Waals surface area contributed by atoms with Crippen molar-refractivity contribution >= 4 is 17.4 Å². The van der Waals surface area contributed by atoms with Gasteiger partial charge in [0.2, 0.25) is 0 Å². The number of anilines is 2. The third kappa shape index (κ3) is 4.68. The van der Waals surface area contributed by atoms with E-state index >= 15 is 0 Å². The van der Waals surface area contributed by atoms with Crippen LogP contribution < -0.4 is 10.2 Å². The summed E-state index contributed by atoms with van der Waals surface area (Å²) >= 11 is 0. The highest BCUT2D eigenvalue weighted by Crippen LogP contribution is 2.17. The second-order valence-corrected chi connectivity index (χ2v) is 6.30. The van der Waals surface area contributed by atoms with Gasteiger partial charge in [-0.15, -0.1) is 0 Å². The molecule has 3 rings (SSSR count). The third-order valence-corrected chi connectivity index (χ3v) is 4.23. The Morgan fingerprint density at radius 1 is 1.18 bits per heavy atom. The highest BCUT2D eigenvalue weighted by molar-refractivity contribution is 6.04. The molecule has 3 aromatic rings. The van der Waals surface area contributed by atoms with Gasteiger partial charge in [0.05, 0.1) is 11.3 Å². The van der Waals surface area contributed by atoms with Gasteiger partial charge in [0.25, 0.3) is 5.91 Å². The van der Waals surface area contributed by atoms with Crippen LogP contribution in [0.5, 0.6) is 0 Å². The number of para-hydroxylation sites is 1. The molecule has 0 spiro atoms. The van der Waals surface area contributed by atoms with E-state index in [9.17, 15) is 10.1 Å². The number of carbonyl (C=O) groups excluding carboxylic acids is 1. The van der Waals surface area contributed by atoms with E-state index in [1.165, 1.54) is 5.56 Å². The van der Waals surface area contributed by atoms with Crippen LogP contribution in [0.3, 0.4) is 0 Å². The zero-order valence-corrected chi connectivity index (χ0v) is 15.8. The first-order valence-corrected chi connectivity index (χ1v) is 8.83. The lowest BCUT2D eigenvalue weighted by atomic mass is 10.2.